The van der Waals surface area contributed by atoms with Gasteiger partial charge in [0, 0.05) is 0 Å². The molecule has 0 N–H and O–H groups in total. The highest BCUT2D eigenvalue weighted by Gasteiger charge is 2.47. The molecule has 5 nitrogen and oxygen atoms in total. The van der Waals surface area contributed by atoms with E-state index < -0.39 is 18.3 Å². The van der Waals surface area contributed by atoms with Gasteiger partial charge in [-0.3, -0.25) is 0 Å². The Bertz CT molecular complexity index is 1320. The average Bonchev–Trinajstić information content (AvgIpc) is 3.05. The van der Waals surface area contributed by atoms with Crippen LogP contribution in [0.3, 0.4) is 0 Å². The normalized spacial score (nSPS) is 22.4. The van der Waals surface area contributed by atoms with Crippen LogP contribution in [0.2, 0.25) is 0 Å². The van der Waals surface area contributed by atoms with Crippen molar-refractivity contribution in [3.05, 3.63) is 154 Å². The molecule has 5 atom stereocenters. The molecule has 0 amide bonds. The molecule has 0 aliphatic carbocycles. The first-order valence-corrected chi connectivity index (χ1v) is 15.6. The second-order valence-electron chi connectivity index (χ2n) is 10.2. The molecular formula is C36H37IO5. The van der Waals surface area contributed by atoms with Gasteiger partial charge in [0.1, 0.15) is 30.5 Å². The Morgan fingerprint density at radius 1 is 0.524 bits per heavy atom. The van der Waals surface area contributed by atoms with Gasteiger partial charge in [0.05, 0.1) is 33.0 Å². The van der Waals surface area contributed by atoms with Crippen LogP contribution < -0.4 is 0 Å². The van der Waals surface area contributed by atoms with Crippen molar-refractivity contribution in [1.82, 2.24) is 0 Å². The van der Waals surface area contributed by atoms with Gasteiger partial charge in [0.15, 0.2) is 0 Å². The molecule has 5 rings (SSSR count). The van der Waals surface area contributed by atoms with Crippen LogP contribution in [-0.4, -0.2) is 37.1 Å². The van der Waals surface area contributed by atoms with Crippen molar-refractivity contribution < 1.29 is 23.7 Å². The van der Waals surface area contributed by atoms with Gasteiger partial charge in [-0.1, -0.05) is 144 Å². The van der Waals surface area contributed by atoms with Gasteiger partial charge in [0.2, 0.25) is 0 Å². The quantitative estimate of drug-likeness (QED) is 0.128. The Kier molecular flexibility index (Phi) is 12.2. The predicted molar refractivity (Wildman–Crippen MR) is 173 cm³/mol. The van der Waals surface area contributed by atoms with E-state index in [9.17, 15) is 0 Å². The van der Waals surface area contributed by atoms with E-state index in [0.717, 1.165) is 22.3 Å². The fraction of sp³-hybridized carbons (Fsp3) is 0.278. The van der Waals surface area contributed by atoms with E-state index in [0.29, 0.717) is 33.0 Å². The van der Waals surface area contributed by atoms with Gasteiger partial charge in [-0.05, 0) is 32.4 Å². The highest BCUT2D eigenvalue weighted by Crippen LogP contribution is 2.32. The first-order chi connectivity index (χ1) is 20.8. The summed E-state index contributed by atoms with van der Waals surface area (Å²) in [6.07, 6.45) is 0.0950. The summed E-state index contributed by atoms with van der Waals surface area (Å²) in [5.74, 6) is 0. The summed E-state index contributed by atoms with van der Waals surface area (Å²) in [7, 11) is 0. The molecule has 4 aromatic carbocycles. The largest absolute Gasteiger partial charge is 0.374 e. The highest BCUT2D eigenvalue weighted by molar-refractivity contribution is 14.1. The predicted octanol–water partition coefficient (Wildman–Crippen LogP) is 7.68. The third-order valence-corrected chi connectivity index (χ3v) is 7.60. The van der Waals surface area contributed by atoms with Gasteiger partial charge in [0.25, 0.3) is 0 Å². The minimum absolute atomic E-state index is 0.340. The molecule has 1 aliphatic heterocycles. The van der Waals surface area contributed by atoms with Crippen LogP contribution in [0.4, 0.5) is 0 Å². The summed E-state index contributed by atoms with van der Waals surface area (Å²) >= 11 is 2.23. The molecule has 0 aromatic heterocycles. The van der Waals surface area contributed by atoms with Gasteiger partial charge in [-0.25, -0.2) is 0 Å². The number of ether oxygens (including phenoxy) is 5. The van der Waals surface area contributed by atoms with E-state index in [1.807, 2.05) is 83.0 Å². The van der Waals surface area contributed by atoms with Crippen molar-refractivity contribution >= 4 is 22.6 Å². The van der Waals surface area contributed by atoms with Crippen LogP contribution in [-0.2, 0) is 50.1 Å². The molecule has 0 unspecified atom stereocenters. The third kappa shape index (κ3) is 9.07. The van der Waals surface area contributed by atoms with Crippen molar-refractivity contribution in [1.29, 1.82) is 0 Å². The van der Waals surface area contributed by atoms with E-state index >= 15 is 0 Å². The van der Waals surface area contributed by atoms with E-state index in [1.165, 1.54) is 0 Å². The van der Waals surface area contributed by atoms with Crippen LogP contribution in [0.1, 0.15) is 22.3 Å². The Morgan fingerprint density at radius 2 is 0.929 bits per heavy atom. The van der Waals surface area contributed by atoms with Crippen molar-refractivity contribution in [2.45, 2.75) is 56.9 Å². The van der Waals surface area contributed by atoms with Gasteiger partial charge in [-0.2, -0.15) is 0 Å². The van der Waals surface area contributed by atoms with Gasteiger partial charge in [-0.15, -0.1) is 0 Å². The summed E-state index contributed by atoms with van der Waals surface area (Å²) in [5, 5.41) is 0. The Morgan fingerprint density at radius 3 is 1.38 bits per heavy atom. The van der Waals surface area contributed by atoms with E-state index in [1.54, 1.807) is 0 Å². The van der Waals surface area contributed by atoms with Gasteiger partial charge >= 0.3 is 0 Å². The Labute approximate surface area is 262 Å². The number of benzene rings is 4. The lowest BCUT2D eigenvalue weighted by molar-refractivity contribution is -0.263. The topological polar surface area (TPSA) is 46.2 Å². The third-order valence-electron chi connectivity index (χ3n) is 7.18. The monoisotopic (exact) mass is 676 g/mol. The molecule has 0 spiro atoms. The van der Waals surface area contributed by atoms with Crippen LogP contribution in [0, 0.1) is 0 Å². The van der Waals surface area contributed by atoms with Crippen molar-refractivity contribution in [3.8, 4) is 0 Å². The first kappa shape index (κ1) is 30.6. The summed E-state index contributed by atoms with van der Waals surface area (Å²) < 4.78 is 34.9. The maximum Gasteiger partial charge on any atom is 0.116 e. The molecule has 1 heterocycles. The zero-order valence-electron chi connectivity index (χ0n) is 23.5. The summed E-state index contributed by atoms with van der Waals surface area (Å²) in [6, 6.07) is 40.7. The summed E-state index contributed by atoms with van der Waals surface area (Å²) in [6.45, 7) is 2.14. The smallest absolute Gasteiger partial charge is 0.116 e. The molecule has 218 valence electrons. The number of rotatable bonds is 14. The van der Waals surface area contributed by atoms with Crippen LogP contribution in [0.25, 0.3) is 0 Å². The molecule has 0 saturated carbocycles. The Hall–Kier alpha value is -2.85. The average molecular weight is 677 g/mol. The SMILES string of the molecule is I/C=C/[C@@H]1O[C@H](COCc2ccccc2)[C@@H](OCc2ccccc2)[C@H](OCc2ccccc2)[C@H]1OCc1ccccc1. The van der Waals surface area contributed by atoms with Crippen molar-refractivity contribution in [2.75, 3.05) is 6.61 Å². The lowest BCUT2D eigenvalue weighted by atomic mass is 9.94. The fourth-order valence-corrected chi connectivity index (χ4v) is 5.46. The Balaban J connectivity index is 1.41. The second kappa shape index (κ2) is 16.7. The highest BCUT2D eigenvalue weighted by atomic mass is 127. The maximum atomic E-state index is 6.72. The number of halogens is 1. The zero-order chi connectivity index (χ0) is 28.8. The lowest BCUT2D eigenvalue weighted by Gasteiger charge is -2.45. The molecule has 1 aliphatic rings. The minimum Gasteiger partial charge on any atom is -0.374 e. The van der Waals surface area contributed by atoms with Crippen LogP contribution in [0.5, 0.6) is 0 Å². The van der Waals surface area contributed by atoms with E-state index in [2.05, 4.69) is 71.1 Å². The molecule has 0 bridgehead atoms. The molecule has 4 aromatic rings. The van der Waals surface area contributed by atoms with Gasteiger partial charge < -0.3 is 23.7 Å². The lowest BCUT2D eigenvalue weighted by Crippen LogP contribution is -2.60. The number of hydrogen-bond acceptors (Lipinski definition) is 5. The summed E-state index contributed by atoms with van der Waals surface area (Å²) in [5.41, 5.74) is 4.37. The molecule has 0 radical (unpaired) electrons. The molecular weight excluding hydrogens is 639 g/mol. The fourth-order valence-electron chi connectivity index (χ4n) is 5.05. The maximum absolute atomic E-state index is 6.72. The molecule has 1 fully saturated rings. The van der Waals surface area contributed by atoms with Crippen molar-refractivity contribution in [2.24, 2.45) is 0 Å². The molecule has 1 saturated heterocycles. The zero-order valence-corrected chi connectivity index (χ0v) is 25.7. The first-order valence-electron chi connectivity index (χ1n) is 14.3. The van der Waals surface area contributed by atoms with Crippen LogP contribution >= 0.6 is 22.6 Å². The van der Waals surface area contributed by atoms with E-state index in [4.69, 9.17) is 23.7 Å². The second-order valence-corrected chi connectivity index (χ2v) is 11.0. The minimum atomic E-state index is -0.427. The van der Waals surface area contributed by atoms with Crippen molar-refractivity contribution in [3.63, 3.8) is 0 Å². The molecule has 42 heavy (non-hydrogen) atoms. The van der Waals surface area contributed by atoms with E-state index in [-0.39, 0.29) is 12.2 Å². The summed E-state index contributed by atoms with van der Waals surface area (Å²) in [4.78, 5) is 0. The van der Waals surface area contributed by atoms with Crippen LogP contribution in [0.15, 0.2) is 131 Å². The molecule has 6 heteroatoms. The standard InChI is InChI=1S/C36H37IO5/c37-22-21-32-34(39-24-29-15-7-2-8-16-29)36(41-26-31-19-11-4-12-20-31)35(40-25-30-17-9-3-10-18-30)33(42-32)27-38-23-28-13-5-1-6-14-28/h1-22,32-36H,23-27H2/b22-21+/t32-,33+,34-,35+,36+/m0/s1. The number of hydrogen-bond donors (Lipinski definition) is 0.